The van der Waals surface area contributed by atoms with Crippen molar-refractivity contribution in [2.45, 2.75) is 18.9 Å². The number of nitro benzene ring substituents is 1. The minimum atomic E-state index is -1.23. The molecule has 1 atom stereocenters. The monoisotopic (exact) mass is 316 g/mol. The number of benzene rings is 1. The summed E-state index contributed by atoms with van der Waals surface area (Å²) in [5.74, 6) is 0.728. The van der Waals surface area contributed by atoms with Crippen LogP contribution in [0.15, 0.2) is 12.1 Å². The highest BCUT2D eigenvalue weighted by Gasteiger charge is 2.23. The lowest BCUT2D eigenvalue weighted by atomic mass is 10.1. The second kappa shape index (κ2) is 6.32. The van der Waals surface area contributed by atoms with Crippen LogP contribution in [0.5, 0.6) is 0 Å². The highest BCUT2D eigenvalue weighted by molar-refractivity contribution is 7.99. The summed E-state index contributed by atoms with van der Waals surface area (Å²) in [6.07, 6.45) is 1.98. The molecule has 20 heavy (non-hydrogen) atoms. The predicted molar refractivity (Wildman–Crippen MR) is 79.0 cm³/mol. The standard InChI is InChI=1S/C12H13ClN2O4S/c13-10-5-8(15(18)19)4-9(12(16)17)11(10)14-7-2-1-3-20-6-7/h4-5,7,14H,1-3,6H2,(H,16,17). The third-order valence-electron chi connectivity index (χ3n) is 3.02. The molecule has 1 saturated heterocycles. The summed E-state index contributed by atoms with van der Waals surface area (Å²) in [5, 5.41) is 23.1. The third-order valence-corrected chi connectivity index (χ3v) is 4.54. The quantitative estimate of drug-likeness (QED) is 0.654. The van der Waals surface area contributed by atoms with E-state index in [1.807, 2.05) is 0 Å². The second-order valence-corrected chi connectivity index (χ2v) is 6.03. The average molecular weight is 317 g/mol. The fourth-order valence-corrected chi connectivity index (χ4v) is 3.41. The van der Waals surface area contributed by atoms with E-state index in [0.29, 0.717) is 0 Å². The first-order chi connectivity index (χ1) is 9.49. The van der Waals surface area contributed by atoms with Crippen LogP contribution in [0.2, 0.25) is 5.02 Å². The van der Waals surface area contributed by atoms with Crippen LogP contribution >= 0.6 is 23.4 Å². The van der Waals surface area contributed by atoms with Gasteiger partial charge in [-0.2, -0.15) is 11.8 Å². The molecule has 108 valence electrons. The lowest BCUT2D eigenvalue weighted by Crippen LogP contribution is -2.27. The van der Waals surface area contributed by atoms with E-state index in [4.69, 9.17) is 11.6 Å². The molecule has 0 aromatic heterocycles. The van der Waals surface area contributed by atoms with E-state index in [-0.39, 0.29) is 28.0 Å². The molecule has 0 saturated carbocycles. The van der Waals surface area contributed by atoms with Crippen molar-refractivity contribution >= 4 is 40.7 Å². The van der Waals surface area contributed by atoms with Crippen LogP contribution < -0.4 is 5.32 Å². The summed E-state index contributed by atoms with van der Waals surface area (Å²) < 4.78 is 0. The Balaban J connectivity index is 2.35. The Bertz CT molecular complexity index is 547. The van der Waals surface area contributed by atoms with E-state index in [2.05, 4.69) is 5.32 Å². The van der Waals surface area contributed by atoms with Crippen molar-refractivity contribution in [2.75, 3.05) is 16.8 Å². The number of carbonyl (C=O) groups is 1. The highest BCUT2D eigenvalue weighted by Crippen LogP contribution is 2.33. The largest absolute Gasteiger partial charge is 0.478 e. The zero-order valence-electron chi connectivity index (χ0n) is 10.5. The topological polar surface area (TPSA) is 92.5 Å². The summed E-state index contributed by atoms with van der Waals surface area (Å²) in [5.41, 5.74) is -0.229. The molecule has 0 aliphatic carbocycles. The van der Waals surface area contributed by atoms with Crippen LogP contribution in [0.4, 0.5) is 11.4 Å². The van der Waals surface area contributed by atoms with E-state index < -0.39 is 10.9 Å². The first-order valence-electron chi connectivity index (χ1n) is 6.04. The van der Waals surface area contributed by atoms with Crippen LogP contribution in [0.25, 0.3) is 0 Å². The summed E-state index contributed by atoms with van der Waals surface area (Å²) in [4.78, 5) is 21.4. The molecule has 1 aromatic rings. The van der Waals surface area contributed by atoms with Crippen LogP contribution in [0.3, 0.4) is 0 Å². The van der Waals surface area contributed by atoms with Crippen molar-refractivity contribution in [1.82, 2.24) is 0 Å². The number of thioether (sulfide) groups is 1. The number of rotatable bonds is 4. The molecule has 1 fully saturated rings. The number of nitro groups is 1. The number of hydrogen-bond donors (Lipinski definition) is 2. The lowest BCUT2D eigenvalue weighted by Gasteiger charge is -2.24. The van der Waals surface area contributed by atoms with Gasteiger partial charge in [0.2, 0.25) is 0 Å². The number of nitrogens with zero attached hydrogens (tertiary/aromatic N) is 1. The van der Waals surface area contributed by atoms with Gasteiger partial charge in [-0.15, -0.1) is 0 Å². The van der Waals surface area contributed by atoms with Crippen LogP contribution in [-0.2, 0) is 0 Å². The maximum atomic E-state index is 11.3. The first-order valence-corrected chi connectivity index (χ1v) is 7.58. The normalized spacial score (nSPS) is 18.6. The molecule has 2 N–H and O–H groups in total. The Labute approximate surface area is 124 Å². The number of aromatic carboxylic acids is 1. The fraction of sp³-hybridized carbons (Fsp3) is 0.417. The number of carboxylic acid groups (broad SMARTS) is 1. The molecular formula is C12H13ClN2O4S. The van der Waals surface area contributed by atoms with Crippen LogP contribution in [0.1, 0.15) is 23.2 Å². The van der Waals surface area contributed by atoms with Crippen molar-refractivity contribution < 1.29 is 14.8 Å². The molecule has 2 rings (SSSR count). The van der Waals surface area contributed by atoms with Crippen molar-refractivity contribution in [1.29, 1.82) is 0 Å². The zero-order chi connectivity index (χ0) is 14.7. The Hall–Kier alpha value is -1.47. The van der Waals surface area contributed by atoms with Gasteiger partial charge in [0.15, 0.2) is 0 Å². The van der Waals surface area contributed by atoms with Gasteiger partial charge in [-0.25, -0.2) is 4.79 Å². The smallest absolute Gasteiger partial charge is 0.338 e. The van der Waals surface area contributed by atoms with Crippen molar-refractivity contribution in [3.8, 4) is 0 Å². The van der Waals surface area contributed by atoms with Gasteiger partial charge in [0.1, 0.15) is 0 Å². The van der Waals surface area contributed by atoms with E-state index in [0.717, 1.165) is 30.4 Å². The van der Waals surface area contributed by atoms with Gasteiger partial charge in [0.05, 0.1) is 21.2 Å². The van der Waals surface area contributed by atoms with E-state index in [9.17, 15) is 20.0 Å². The number of hydrogen-bond acceptors (Lipinski definition) is 5. The molecule has 1 heterocycles. The molecule has 1 aromatic carbocycles. The molecule has 1 aliphatic rings. The van der Waals surface area contributed by atoms with Crippen LogP contribution in [-0.4, -0.2) is 33.5 Å². The Morgan fingerprint density at radius 3 is 2.85 bits per heavy atom. The van der Waals surface area contributed by atoms with Gasteiger partial charge >= 0.3 is 5.97 Å². The van der Waals surface area contributed by atoms with Gasteiger partial charge < -0.3 is 10.4 Å². The van der Waals surface area contributed by atoms with Gasteiger partial charge in [-0.3, -0.25) is 10.1 Å². The second-order valence-electron chi connectivity index (χ2n) is 4.47. The molecular weight excluding hydrogens is 304 g/mol. The van der Waals surface area contributed by atoms with Gasteiger partial charge in [-0.1, -0.05) is 11.6 Å². The minimum Gasteiger partial charge on any atom is -0.478 e. The average Bonchev–Trinajstić information content (AvgIpc) is 2.41. The molecule has 1 aliphatic heterocycles. The maximum absolute atomic E-state index is 11.3. The van der Waals surface area contributed by atoms with Gasteiger partial charge in [-0.05, 0) is 18.6 Å². The molecule has 0 amide bonds. The van der Waals surface area contributed by atoms with E-state index >= 15 is 0 Å². The number of nitrogens with one attached hydrogen (secondary N) is 1. The van der Waals surface area contributed by atoms with Gasteiger partial charge in [0.25, 0.3) is 5.69 Å². The number of anilines is 1. The zero-order valence-corrected chi connectivity index (χ0v) is 12.0. The molecule has 0 radical (unpaired) electrons. The SMILES string of the molecule is O=C(O)c1cc([N+](=O)[O-])cc(Cl)c1NC1CCCSC1. The number of halogens is 1. The first kappa shape index (κ1) is 14.9. The van der Waals surface area contributed by atoms with Crippen molar-refractivity contribution in [3.63, 3.8) is 0 Å². The molecule has 0 bridgehead atoms. The van der Waals surface area contributed by atoms with Crippen molar-refractivity contribution in [3.05, 3.63) is 32.8 Å². The minimum absolute atomic E-state index is 0.0622. The Kier molecular flexibility index (Phi) is 4.72. The number of non-ortho nitro benzene ring substituents is 1. The summed E-state index contributed by atoms with van der Waals surface area (Å²) >= 11 is 7.79. The van der Waals surface area contributed by atoms with Gasteiger partial charge in [0, 0.05) is 23.9 Å². The lowest BCUT2D eigenvalue weighted by molar-refractivity contribution is -0.384. The van der Waals surface area contributed by atoms with Crippen molar-refractivity contribution in [2.24, 2.45) is 0 Å². The van der Waals surface area contributed by atoms with E-state index in [1.54, 1.807) is 11.8 Å². The Morgan fingerprint density at radius 1 is 1.55 bits per heavy atom. The third kappa shape index (κ3) is 3.34. The summed E-state index contributed by atoms with van der Waals surface area (Å²) in [6, 6.07) is 2.34. The maximum Gasteiger partial charge on any atom is 0.338 e. The number of carboxylic acids is 1. The summed E-state index contributed by atoms with van der Waals surface area (Å²) in [7, 11) is 0. The molecule has 1 unspecified atom stereocenters. The highest BCUT2D eigenvalue weighted by atomic mass is 35.5. The van der Waals surface area contributed by atoms with E-state index in [1.165, 1.54) is 6.07 Å². The fourth-order valence-electron chi connectivity index (χ4n) is 2.07. The predicted octanol–water partition coefficient (Wildman–Crippen LogP) is 3.25. The molecule has 8 heteroatoms. The molecule has 0 spiro atoms. The van der Waals surface area contributed by atoms with Crippen LogP contribution in [0, 0.1) is 10.1 Å². The molecule has 6 nitrogen and oxygen atoms in total. The Morgan fingerprint density at radius 2 is 2.30 bits per heavy atom. The summed E-state index contributed by atoms with van der Waals surface area (Å²) in [6.45, 7) is 0.